The minimum atomic E-state index is -0.224. The predicted molar refractivity (Wildman–Crippen MR) is 81.8 cm³/mol. The van der Waals surface area contributed by atoms with E-state index >= 15 is 0 Å². The van der Waals surface area contributed by atoms with Crippen molar-refractivity contribution in [2.45, 2.75) is 19.9 Å². The Kier molecular flexibility index (Phi) is 3.66. The van der Waals surface area contributed by atoms with Gasteiger partial charge in [0.05, 0.1) is 12.3 Å². The van der Waals surface area contributed by atoms with Crippen molar-refractivity contribution in [3.05, 3.63) is 57.3 Å². The minimum Gasteiger partial charge on any atom is -0.493 e. The summed E-state index contributed by atoms with van der Waals surface area (Å²) in [5.41, 5.74) is 3.72. The Morgan fingerprint density at radius 3 is 3.00 bits per heavy atom. The molecule has 3 rings (SSSR count). The molecule has 0 radical (unpaired) electrons. The number of hydrogen-bond acceptors (Lipinski definition) is 2. The third-order valence-electron chi connectivity index (χ3n) is 3.50. The normalized spacial score (nSPS) is 12.9. The van der Waals surface area contributed by atoms with Gasteiger partial charge in [0.2, 0.25) is 0 Å². The summed E-state index contributed by atoms with van der Waals surface area (Å²) in [6.45, 7) is 3.16. The predicted octanol–water partition coefficient (Wildman–Crippen LogP) is 4.44. The Labute approximate surface area is 126 Å². The number of benzene rings is 2. The molecule has 0 saturated carbocycles. The first-order valence-electron chi connectivity index (χ1n) is 6.58. The molecule has 2 aromatic rings. The third kappa shape index (κ3) is 2.52. The molecule has 4 heteroatoms. The van der Waals surface area contributed by atoms with Gasteiger partial charge in [-0.2, -0.15) is 0 Å². The lowest BCUT2D eigenvalue weighted by molar-refractivity contribution is 0.354. The lowest BCUT2D eigenvalue weighted by Gasteiger charge is -2.13. The second-order valence-corrected chi connectivity index (χ2v) is 5.85. The lowest BCUT2D eigenvalue weighted by Crippen LogP contribution is -2.04. The Bertz CT molecular complexity index is 637. The largest absolute Gasteiger partial charge is 0.493 e. The van der Waals surface area contributed by atoms with Crippen LogP contribution in [0.2, 0.25) is 0 Å². The van der Waals surface area contributed by atoms with Crippen LogP contribution in [0.5, 0.6) is 5.75 Å². The first-order valence-corrected chi connectivity index (χ1v) is 7.37. The summed E-state index contributed by atoms with van der Waals surface area (Å²) in [6, 6.07) is 9.19. The number of ether oxygens (including phenoxy) is 1. The van der Waals surface area contributed by atoms with E-state index in [-0.39, 0.29) is 5.82 Å². The van der Waals surface area contributed by atoms with E-state index in [9.17, 15) is 4.39 Å². The maximum Gasteiger partial charge on any atom is 0.146 e. The summed E-state index contributed by atoms with van der Waals surface area (Å²) in [5.74, 6) is 0.715. The van der Waals surface area contributed by atoms with Crippen molar-refractivity contribution in [3.63, 3.8) is 0 Å². The highest BCUT2D eigenvalue weighted by Crippen LogP contribution is 2.33. The molecule has 0 aliphatic carbocycles. The van der Waals surface area contributed by atoms with Gasteiger partial charge in [0.15, 0.2) is 0 Å². The second kappa shape index (κ2) is 5.44. The first-order chi connectivity index (χ1) is 9.65. The van der Waals surface area contributed by atoms with Crippen LogP contribution in [0.3, 0.4) is 0 Å². The molecule has 104 valence electrons. The Morgan fingerprint density at radius 1 is 1.35 bits per heavy atom. The molecule has 0 aromatic heterocycles. The quantitative estimate of drug-likeness (QED) is 0.895. The maximum atomic E-state index is 13.8. The fraction of sp³-hybridized carbons (Fsp3) is 0.250. The molecule has 0 spiro atoms. The van der Waals surface area contributed by atoms with E-state index in [4.69, 9.17) is 4.74 Å². The van der Waals surface area contributed by atoms with Crippen LogP contribution in [-0.4, -0.2) is 6.61 Å². The Hall–Kier alpha value is -1.55. The van der Waals surface area contributed by atoms with Crippen molar-refractivity contribution in [1.29, 1.82) is 0 Å². The Morgan fingerprint density at radius 2 is 2.20 bits per heavy atom. The lowest BCUT2D eigenvalue weighted by atomic mass is 10.1. The SMILES string of the molecule is Cc1cccc(F)c1NCc1cc(Br)cc2c1OCC2. The number of aryl methyl sites for hydroxylation is 1. The van der Waals surface area contributed by atoms with Gasteiger partial charge in [0.25, 0.3) is 0 Å². The van der Waals surface area contributed by atoms with Gasteiger partial charge in [-0.1, -0.05) is 28.1 Å². The van der Waals surface area contributed by atoms with Crippen LogP contribution in [0, 0.1) is 12.7 Å². The van der Waals surface area contributed by atoms with Crippen LogP contribution in [0.25, 0.3) is 0 Å². The molecular formula is C16H15BrFNO. The van der Waals surface area contributed by atoms with E-state index < -0.39 is 0 Å². The van der Waals surface area contributed by atoms with Gasteiger partial charge in [0, 0.05) is 23.0 Å². The average molecular weight is 336 g/mol. The van der Waals surface area contributed by atoms with Crippen LogP contribution in [0.15, 0.2) is 34.8 Å². The van der Waals surface area contributed by atoms with Crippen molar-refractivity contribution in [2.75, 3.05) is 11.9 Å². The van der Waals surface area contributed by atoms with E-state index in [1.54, 1.807) is 6.07 Å². The topological polar surface area (TPSA) is 21.3 Å². The zero-order valence-corrected chi connectivity index (χ0v) is 12.8. The summed E-state index contributed by atoms with van der Waals surface area (Å²) in [5, 5.41) is 3.18. The van der Waals surface area contributed by atoms with Gasteiger partial charge >= 0.3 is 0 Å². The van der Waals surface area contributed by atoms with E-state index in [0.29, 0.717) is 12.2 Å². The number of para-hydroxylation sites is 1. The van der Waals surface area contributed by atoms with Crippen LogP contribution >= 0.6 is 15.9 Å². The highest BCUT2D eigenvalue weighted by molar-refractivity contribution is 9.10. The van der Waals surface area contributed by atoms with Crippen LogP contribution in [-0.2, 0) is 13.0 Å². The molecule has 0 amide bonds. The summed E-state index contributed by atoms with van der Waals surface area (Å²) in [7, 11) is 0. The molecular weight excluding hydrogens is 321 g/mol. The molecule has 1 aliphatic rings. The minimum absolute atomic E-state index is 0.224. The summed E-state index contributed by atoms with van der Waals surface area (Å²) in [4.78, 5) is 0. The van der Waals surface area contributed by atoms with Crippen molar-refractivity contribution in [3.8, 4) is 5.75 Å². The van der Waals surface area contributed by atoms with Gasteiger partial charge in [-0.15, -0.1) is 0 Å². The van der Waals surface area contributed by atoms with Crippen molar-refractivity contribution < 1.29 is 9.13 Å². The summed E-state index contributed by atoms with van der Waals surface area (Å²) in [6.07, 6.45) is 0.931. The monoisotopic (exact) mass is 335 g/mol. The van der Waals surface area contributed by atoms with E-state index in [0.717, 1.165) is 34.4 Å². The summed E-state index contributed by atoms with van der Waals surface area (Å²) < 4.78 is 20.5. The molecule has 0 atom stereocenters. The van der Waals surface area contributed by atoms with Gasteiger partial charge in [-0.3, -0.25) is 0 Å². The van der Waals surface area contributed by atoms with Crippen molar-refractivity contribution in [2.24, 2.45) is 0 Å². The number of halogens is 2. The van der Waals surface area contributed by atoms with Crippen LogP contribution < -0.4 is 10.1 Å². The van der Waals surface area contributed by atoms with Crippen molar-refractivity contribution in [1.82, 2.24) is 0 Å². The van der Waals surface area contributed by atoms with Gasteiger partial charge in [-0.25, -0.2) is 4.39 Å². The Balaban J connectivity index is 1.86. The van der Waals surface area contributed by atoms with Crippen molar-refractivity contribution >= 4 is 21.6 Å². The molecule has 2 aromatic carbocycles. The maximum absolute atomic E-state index is 13.8. The molecule has 1 N–H and O–H groups in total. The molecule has 1 heterocycles. The first kappa shape index (κ1) is 13.4. The smallest absolute Gasteiger partial charge is 0.146 e. The van der Waals surface area contributed by atoms with Gasteiger partial charge < -0.3 is 10.1 Å². The van der Waals surface area contributed by atoms with E-state index in [2.05, 4.69) is 27.3 Å². The molecule has 0 saturated heterocycles. The zero-order valence-electron chi connectivity index (χ0n) is 11.2. The zero-order chi connectivity index (χ0) is 14.1. The number of anilines is 1. The number of hydrogen-bond donors (Lipinski definition) is 1. The highest BCUT2D eigenvalue weighted by Gasteiger charge is 2.17. The molecule has 20 heavy (non-hydrogen) atoms. The average Bonchev–Trinajstić information content (AvgIpc) is 2.86. The van der Waals surface area contributed by atoms with Crippen LogP contribution in [0.4, 0.5) is 10.1 Å². The van der Waals surface area contributed by atoms with E-state index in [1.807, 2.05) is 19.1 Å². The van der Waals surface area contributed by atoms with E-state index in [1.165, 1.54) is 11.6 Å². The molecule has 2 nitrogen and oxygen atoms in total. The fourth-order valence-electron chi connectivity index (χ4n) is 2.52. The second-order valence-electron chi connectivity index (χ2n) is 4.94. The van der Waals surface area contributed by atoms with Crippen LogP contribution in [0.1, 0.15) is 16.7 Å². The number of nitrogens with one attached hydrogen (secondary N) is 1. The van der Waals surface area contributed by atoms with Gasteiger partial charge in [-0.05, 0) is 36.2 Å². The molecule has 0 unspecified atom stereocenters. The van der Waals surface area contributed by atoms with Gasteiger partial charge in [0.1, 0.15) is 11.6 Å². The number of fused-ring (bicyclic) bond motifs is 1. The third-order valence-corrected chi connectivity index (χ3v) is 3.96. The fourth-order valence-corrected chi connectivity index (χ4v) is 3.07. The summed E-state index contributed by atoms with van der Waals surface area (Å²) >= 11 is 3.51. The molecule has 1 aliphatic heterocycles. The highest BCUT2D eigenvalue weighted by atomic mass is 79.9. The molecule has 0 bridgehead atoms. The molecule has 0 fully saturated rings. The standard InChI is InChI=1S/C16H15BrFNO/c1-10-3-2-4-14(18)15(10)19-9-12-8-13(17)7-11-5-6-20-16(11)12/h2-4,7-8,19H,5-6,9H2,1H3. The number of rotatable bonds is 3.